The first-order valence-corrected chi connectivity index (χ1v) is 5.41. The lowest BCUT2D eigenvalue weighted by atomic mass is 9.65. The summed E-state index contributed by atoms with van der Waals surface area (Å²) in [5.74, 6) is 0.0428. The molecule has 0 bridgehead atoms. The Morgan fingerprint density at radius 2 is 2.40 bits per heavy atom. The second kappa shape index (κ2) is 3.61. The summed E-state index contributed by atoms with van der Waals surface area (Å²) in [5.41, 5.74) is 5.79. The molecule has 1 saturated carbocycles. The van der Waals surface area contributed by atoms with Crippen LogP contribution in [0.2, 0.25) is 5.02 Å². The van der Waals surface area contributed by atoms with Crippen LogP contribution in [0.1, 0.15) is 29.8 Å². The zero-order valence-electron chi connectivity index (χ0n) is 8.66. The first kappa shape index (κ1) is 10.6. The second-order valence-corrected chi connectivity index (χ2v) is 4.54. The number of Topliss-reactive ketones (excluding diaryl/α,β-unsaturated/α-hetero) is 1. The van der Waals surface area contributed by atoms with Gasteiger partial charge in [-0.25, -0.2) is 0 Å². The highest BCUT2D eigenvalue weighted by Crippen LogP contribution is 2.43. The minimum Gasteiger partial charge on any atom is -0.329 e. The SMILES string of the molecule is Cn1ncc(Cl)c1C(=O)C1(CN)CCC1. The number of carbonyl (C=O) groups is 1. The Morgan fingerprint density at radius 1 is 1.73 bits per heavy atom. The number of aromatic nitrogens is 2. The lowest BCUT2D eigenvalue weighted by Gasteiger charge is -2.39. The van der Waals surface area contributed by atoms with Gasteiger partial charge in [-0.05, 0) is 12.8 Å². The van der Waals surface area contributed by atoms with E-state index in [9.17, 15) is 4.79 Å². The van der Waals surface area contributed by atoms with Gasteiger partial charge >= 0.3 is 0 Å². The molecule has 82 valence electrons. The predicted molar refractivity (Wildman–Crippen MR) is 57.9 cm³/mol. The average molecular weight is 228 g/mol. The third kappa shape index (κ3) is 1.48. The molecule has 5 heteroatoms. The van der Waals surface area contributed by atoms with Crippen LogP contribution in [0.15, 0.2) is 6.20 Å². The molecular formula is C10H14ClN3O. The zero-order chi connectivity index (χ0) is 11.1. The Hall–Kier alpha value is -0.870. The Bertz CT molecular complexity index is 370. The van der Waals surface area contributed by atoms with Crippen LogP contribution in [0.3, 0.4) is 0 Å². The first-order valence-electron chi connectivity index (χ1n) is 5.03. The first-order chi connectivity index (χ1) is 7.10. The Kier molecular flexibility index (Phi) is 2.56. The summed E-state index contributed by atoms with van der Waals surface area (Å²) in [6.07, 6.45) is 4.30. The van der Waals surface area contributed by atoms with Crippen molar-refractivity contribution in [1.29, 1.82) is 0 Å². The van der Waals surface area contributed by atoms with Crippen LogP contribution in [-0.4, -0.2) is 22.1 Å². The maximum absolute atomic E-state index is 12.3. The quantitative estimate of drug-likeness (QED) is 0.794. The fraction of sp³-hybridized carbons (Fsp3) is 0.600. The molecule has 0 aliphatic heterocycles. The highest BCUT2D eigenvalue weighted by atomic mass is 35.5. The van der Waals surface area contributed by atoms with Gasteiger partial charge in [0, 0.05) is 19.0 Å². The van der Waals surface area contributed by atoms with E-state index < -0.39 is 0 Å². The number of rotatable bonds is 3. The molecule has 1 aliphatic carbocycles. The van der Waals surface area contributed by atoms with E-state index in [1.165, 1.54) is 10.9 Å². The maximum atomic E-state index is 12.3. The van der Waals surface area contributed by atoms with E-state index in [4.69, 9.17) is 17.3 Å². The molecule has 1 aromatic heterocycles. The van der Waals surface area contributed by atoms with Crippen molar-refractivity contribution in [2.75, 3.05) is 6.54 Å². The Labute approximate surface area is 93.4 Å². The van der Waals surface area contributed by atoms with Gasteiger partial charge in [0.25, 0.3) is 0 Å². The summed E-state index contributed by atoms with van der Waals surface area (Å²) in [5, 5.41) is 4.39. The number of nitrogens with two attached hydrogens (primary N) is 1. The molecule has 1 heterocycles. The molecule has 15 heavy (non-hydrogen) atoms. The molecule has 1 aromatic rings. The van der Waals surface area contributed by atoms with E-state index in [-0.39, 0.29) is 11.2 Å². The number of carbonyl (C=O) groups excluding carboxylic acids is 1. The number of aryl methyl sites for hydroxylation is 1. The van der Waals surface area contributed by atoms with E-state index >= 15 is 0 Å². The highest BCUT2D eigenvalue weighted by molar-refractivity contribution is 6.33. The second-order valence-electron chi connectivity index (χ2n) is 4.13. The minimum absolute atomic E-state index is 0.0428. The van der Waals surface area contributed by atoms with Gasteiger partial charge in [0.15, 0.2) is 5.78 Å². The normalized spacial score (nSPS) is 18.6. The van der Waals surface area contributed by atoms with Gasteiger partial charge in [-0.1, -0.05) is 18.0 Å². The molecule has 0 atom stereocenters. The zero-order valence-corrected chi connectivity index (χ0v) is 9.42. The smallest absolute Gasteiger partial charge is 0.189 e. The van der Waals surface area contributed by atoms with Gasteiger partial charge < -0.3 is 5.73 Å². The molecule has 0 aromatic carbocycles. The van der Waals surface area contributed by atoms with Crippen molar-refractivity contribution in [3.05, 3.63) is 16.9 Å². The number of ketones is 1. The molecule has 4 nitrogen and oxygen atoms in total. The summed E-state index contributed by atoms with van der Waals surface area (Å²) in [6, 6.07) is 0. The highest BCUT2D eigenvalue weighted by Gasteiger charge is 2.44. The number of hydrogen-bond acceptors (Lipinski definition) is 3. The molecule has 0 unspecified atom stereocenters. The summed E-state index contributed by atoms with van der Waals surface area (Å²) >= 11 is 5.94. The van der Waals surface area contributed by atoms with E-state index in [1.54, 1.807) is 7.05 Å². The fourth-order valence-corrected chi connectivity index (χ4v) is 2.30. The van der Waals surface area contributed by atoms with Gasteiger partial charge in [0.1, 0.15) is 5.69 Å². The van der Waals surface area contributed by atoms with Crippen molar-refractivity contribution < 1.29 is 4.79 Å². The number of hydrogen-bond donors (Lipinski definition) is 1. The lowest BCUT2D eigenvalue weighted by Crippen LogP contribution is -2.45. The average Bonchev–Trinajstić information content (AvgIpc) is 2.45. The van der Waals surface area contributed by atoms with E-state index in [0.29, 0.717) is 17.3 Å². The molecule has 0 amide bonds. The number of nitrogens with zero attached hydrogens (tertiary/aromatic N) is 2. The van der Waals surface area contributed by atoms with Gasteiger partial charge in [0.05, 0.1) is 11.2 Å². The van der Waals surface area contributed by atoms with Crippen LogP contribution in [0.5, 0.6) is 0 Å². The molecule has 1 aliphatic rings. The van der Waals surface area contributed by atoms with E-state index in [1.807, 2.05) is 0 Å². The standard InChI is InChI=1S/C10H14ClN3O/c1-14-8(7(11)5-13-14)9(15)10(6-12)3-2-4-10/h5H,2-4,6,12H2,1H3. The molecule has 2 N–H and O–H groups in total. The fourth-order valence-electron chi connectivity index (χ4n) is 2.04. The van der Waals surface area contributed by atoms with Crippen LogP contribution in [0.4, 0.5) is 0 Å². The third-order valence-electron chi connectivity index (χ3n) is 3.29. The topological polar surface area (TPSA) is 60.9 Å². The largest absolute Gasteiger partial charge is 0.329 e. The van der Waals surface area contributed by atoms with Crippen LogP contribution >= 0.6 is 11.6 Å². The van der Waals surface area contributed by atoms with Crippen LogP contribution in [0, 0.1) is 5.41 Å². The Balaban J connectivity index is 2.35. The van der Waals surface area contributed by atoms with E-state index in [0.717, 1.165) is 19.3 Å². The van der Waals surface area contributed by atoms with Gasteiger partial charge in [0.2, 0.25) is 0 Å². The van der Waals surface area contributed by atoms with Crippen molar-refractivity contribution in [3.8, 4) is 0 Å². The minimum atomic E-state index is -0.378. The van der Waals surface area contributed by atoms with Crippen molar-refractivity contribution in [2.45, 2.75) is 19.3 Å². The van der Waals surface area contributed by atoms with E-state index in [2.05, 4.69) is 5.10 Å². The summed E-state index contributed by atoms with van der Waals surface area (Å²) in [6.45, 7) is 0.396. The van der Waals surface area contributed by atoms with Crippen LogP contribution < -0.4 is 5.73 Å². The Morgan fingerprint density at radius 3 is 2.73 bits per heavy atom. The molecular weight excluding hydrogens is 214 g/mol. The van der Waals surface area contributed by atoms with Gasteiger partial charge in [-0.15, -0.1) is 0 Å². The predicted octanol–water partition coefficient (Wildman–Crippen LogP) is 1.39. The lowest BCUT2D eigenvalue weighted by molar-refractivity contribution is 0.0625. The summed E-state index contributed by atoms with van der Waals surface area (Å²) < 4.78 is 1.53. The summed E-state index contributed by atoms with van der Waals surface area (Å²) in [4.78, 5) is 12.3. The van der Waals surface area contributed by atoms with Crippen molar-refractivity contribution in [2.24, 2.45) is 18.2 Å². The molecule has 2 rings (SSSR count). The maximum Gasteiger partial charge on any atom is 0.189 e. The molecule has 0 radical (unpaired) electrons. The number of halogens is 1. The van der Waals surface area contributed by atoms with Crippen LogP contribution in [-0.2, 0) is 7.05 Å². The third-order valence-corrected chi connectivity index (χ3v) is 3.57. The van der Waals surface area contributed by atoms with Crippen LogP contribution in [0.25, 0.3) is 0 Å². The monoisotopic (exact) mass is 227 g/mol. The van der Waals surface area contributed by atoms with Gasteiger partial charge in [-0.2, -0.15) is 5.10 Å². The van der Waals surface area contributed by atoms with Crippen molar-refractivity contribution in [3.63, 3.8) is 0 Å². The molecule has 1 fully saturated rings. The van der Waals surface area contributed by atoms with Crippen molar-refractivity contribution in [1.82, 2.24) is 9.78 Å². The summed E-state index contributed by atoms with van der Waals surface area (Å²) in [7, 11) is 1.72. The molecule has 0 spiro atoms. The van der Waals surface area contributed by atoms with Crippen molar-refractivity contribution >= 4 is 17.4 Å². The molecule has 0 saturated heterocycles. The van der Waals surface area contributed by atoms with Gasteiger partial charge in [-0.3, -0.25) is 9.48 Å².